The molecule has 2 aliphatic rings. The molecule has 0 atom stereocenters. The van der Waals surface area contributed by atoms with E-state index in [0.717, 1.165) is 50.5 Å². The molecule has 310 valence electrons. The van der Waals surface area contributed by atoms with E-state index in [0.29, 0.717) is 5.92 Å². The molecule has 13 rings (SSSR count). The summed E-state index contributed by atoms with van der Waals surface area (Å²) in [5.74, 6) is 1.43. The summed E-state index contributed by atoms with van der Waals surface area (Å²) >= 11 is 1.88. The fraction of sp³-hybridized carbons (Fsp3) is 0.0968. The van der Waals surface area contributed by atoms with Crippen molar-refractivity contribution in [3.63, 3.8) is 0 Å². The predicted molar refractivity (Wildman–Crippen MR) is 274 cm³/mol. The van der Waals surface area contributed by atoms with Gasteiger partial charge in [-0.1, -0.05) is 171 Å². The van der Waals surface area contributed by atoms with Crippen LogP contribution in [-0.4, -0.2) is 0 Å². The smallest absolute Gasteiger partial charge is 0.135 e. The van der Waals surface area contributed by atoms with E-state index in [1.165, 1.54) is 84.8 Å². The Balaban J connectivity index is 0.909. The van der Waals surface area contributed by atoms with Crippen molar-refractivity contribution in [2.45, 2.75) is 31.1 Å². The van der Waals surface area contributed by atoms with Crippen LogP contribution in [0, 0.1) is 5.92 Å². The maximum atomic E-state index is 6.27. The van der Waals surface area contributed by atoms with Gasteiger partial charge in [0.05, 0.1) is 0 Å². The van der Waals surface area contributed by atoms with Gasteiger partial charge in [0.25, 0.3) is 0 Å². The third-order valence-corrected chi connectivity index (χ3v) is 15.6. The van der Waals surface area contributed by atoms with E-state index < -0.39 is 0 Å². The number of hydrogen-bond acceptors (Lipinski definition) is 3. The van der Waals surface area contributed by atoms with Crippen LogP contribution < -0.4 is 4.90 Å². The van der Waals surface area contributed by atoms with E-state index in [1.54, 1.807) is 0 Å². The molecule has 2 heterocycles. The van der Waals surface area contributed by atoms with Gasteiger partial charge in [-0.3, -0.25) is 0 Å². The number of benzene rings is 9. The van der Waals surface area contributed by atoms with E-state index in [-0.39, 0.29) is 5.41 Å². The molecule has 0 bridgehead atoms. The lowest BCUT2D eigenvalue weighted by Gasteiger charge is -2.39. The number of furan rings is 1. The molecule has 1 saturated carbocycles. The van der Waals surface area contributed by atoms with Gasteiger partial charge in [-0.15, -0.1) is 11.3 Å². The lowest BCUT2D eigenvalue weighted by atomic mass is 9.63. The van der Waals surface area contributed by atoms with E-state index in [9.17, 15) is 0 Å². The molecule has 2 aliphatic carbocycles. The third-order valence-electron chi connectivity index (χ3n) is 14.4. The highest BCUT2D eigenvalue weighted by Crippen LogP contribution is 2.59. The van der Waals surface area contributed by atoms with Crippen molar-refractivity contribution in [1.82, 2.24) is 0 Å². The van der Waals surface area contributed by atoms with Crippen molar-refractivity contribution in [3.8, 4) is 44.7 Å². The van der Waals surface area contributed by atoms with Crippen LogP contribution in [0.3, 0.4) is 0 Å². The van der Waals surface area contributed by atoms with Crippen LogP contribution in [0.2, 0.25) is 0 Å². The van der Waals surface area contributed by atoms with Crippen molar-refractivity contribution in [2.24, 2.45) is 5.92 Å². The van der Waals surface area contributed by atoms with Crippen LogP contribution in [-0.2, 0) is 5.41 Å². The third kappa shape index (κ3) is 6.14. The van der Waals surface area contributed by atoms with Crippen molar-refractivity contribution >= 4 is 59.5 Å². The highest BCUT2D eigenvalue weighted by Gasteiger charge is 2.50. The SMILES string of the molecule is c1ccc(-c2cc3cc(-c4ccc(N(c5ccc(-c6cccc7c6sc6ccccc67)cc5)c5ccc(C6(C7CCCC7)c7ccccc7-c7ccccc76)cc5)cc4)ccc3o2)cc1. The number of nitrogens with zero attached hydrogens (tertiary/aromatic N) is 1. The minimum atomic E-state index is -0.179. The van der Waals surface area contributed by atoms with Gasteiger partial charge >= 0.3 is 0 Å². The lowest BCUT2D eigenvalue weighted by Crippen LogP contribution is -2.34. The summed E-state index contributed by atoms with van der Waals surface area (Å²) in [7, 11) is 0. The topological polar surface area (TPSA) is 16.4 Å². The van der Waals surface area contributed by atoms with Crippen LogP contribution >= 0.6 is 11.3 Å². The van der Waals surface area contributed by atoms with Crippen molar-refractivity contribution in [3.05, 3.63) is 235 Å². The Morgan fingerprint density at radius 2 is 1.02 bits per heavy atom. The average Bonchev–Trinajstić information content (AvgIpc) is 4.20. The Labute approximate surface area is 383 Å². The van der Waals surface area contributed by atoms with Gasteiger partial charge in [0.2, 0.25) is 0 Å². The molecule has 0 amide bonds. The summed E-state index contributed by atoms with van der Waals surface area (Å²) in [5, 5.41) is 3.74. The van der Waals surface area contributed by atoms with Crippen LogP contribution in [0.1, 0.15) is 42.4 Å². The van der Waals surface area contributed by atoms with E-state index in [4.69, 9.17) is 4.42 Å². The Hall–Kier alpha value is -7.46. The van der Waals surface area contributed by atoms with Gasteiger partial charge in [0.1, 0.15) is 11.3 Å². The lowest BCUT2D eigenvalue weighted by molar-refractivity contribution is 0.388. The molecule has 9 aromatic carbocycles. The minimum Gasteiger partial charge on any atom is -0.456 e. The summed E-state index contributed by atoms with van der Waals surface area (Å²) in [5.41, 5.74) is 17.1. The highest BCUT2D eigenvalue weighted by molar-refractivity contribution is 7.26. The minimum absolute atomic E-state index is 0.179. The first-order valence-corrected chi connectivity index (χ1v) is 23.8. The average molecular weight is 852 g/mol. The zero-order valence-electron chi connectivity index (χ0n) is 36.0. The first-order valence-electron chi connectivity index (χ1n) is 23.0. The summed E-state index contributed by atoms with van der Waals surface area (Å²) < 4.78 is 8.93. The highest BCUT2D eigenvalue weighted by atomic mass is 32.1. The van der Waals surface area contributed by atoms with Crippen LogP contribution in [0.4, 0.5) is 17.1 Å². The number of anilines is 3. The Bertz CT molecular complexity index is 3490. The molecule has 1 fully saturated rings. The monoisotopic (exact) mass is 851 g/mol. The molecule has 2 nitrogen and oxygen atoms in total. The predicted octanol–water partition coefficient (Wildman–Crippen LogP) is 17.8. The molecule has 0 aliphatic heterocycles. The molecule has 0 radical (unpaired) electrons. The van der Waals surface area contributed by atoms with Gasteiger partial charge in [0, 0.05) is 53.6 Å². The Kier molecular flexibility index (Phi) is 8.99. The first kappa shape index (κ1) is 38.0. The van der Waals surface area contributed by atoms with Gasteiger partial charge in [-0.25, -0.2) is 0 Å². The molecule has 0 saturated heterocycles. The van der Waals surface area contributed by atoms with Crippen LogP contribution in [0.15, 0.2) is 223 Å². The summed E-state index contributed by atoms with van der Waals surface area (Å²) in [6, 6.07) is 80.7. The number of rotatable bonds is 8. The Morgan fingerprint density at radius 1 is 0.446 bits per heavy atom. The number of thiophene rings is 1. The van der Waals surface area contributed by atoms with Crippen molar-refractivity contribution < 1.29 is 4.42 Å². The van der Waals surface area contributed by atoms with Gasteiger partial charge < -0.3 is 9.32 Å². The molecule has 11 aromatic rings. The first-order chi connectivity index (χ1) is 32.2. The van der Waals surface area contributed by atoms with E-state index in [2.05, 4.69) is 217 Å². The number of fused-ring (bicyclic) bond motifs is 7. The Morgan fingerprint density at radius 3 is 1.72 bits per heavy atom. The fourth-order valence-corrected chi connectivity index (χ4v) is 12.7. The molecule has 0 N–H and O–H groups in total. The fourth-order valence-electron chi connectivity index (χ4n) is 11.5. The van der Waals surface area contributed by atoms with Crippen molar-refractivity contribution in [2.75, 3.05) is 4.90 Å². The van der Waals surface area contributed by atoms with Crippen molar-refractivity contribution in [1.29, 1.82) is 0 Å². The van der Waals surface area contributed by atoms with Gasteiger partial charge in [0.15, 0.2) is 0 Å². The van der Waals surface area contributed by atoms with Crippen LogP contribution in [0.5, 0.6) is 0 Å². The molecule has 2 aromatic heterocycles. The van der Waals surface area contributed by atoms with E-state index >= 15 is 0 Å². The standard InChI is InChI=1S/C62H45NOS/c1-2-13-43(14-3-1)59-40-45-39-44(29-38-58(45)64-59)41-25-32-48(33-26-41)63(49-34-27-42(28-35-49)51-20-12-21-55-54-19-8-11-24-60(54)65-61(51)55)50-36-30-47(31-37-50)62(46-15-4-5-16-46)56-22-9-6-17-52(56)53-18-7-10-23-57(53)62/h1-3,6-14,17-40,46H,4-5,15-16H2. The molecule has 0 spiro atoms. The molecular weight excluding hydrogens is 807 g/mol. The molecule has 65 heavy (non-hydrogen) atoms. The normalized spacial score (nSPS) is 14.3. The largest absolute Gasteiger partial charge is 0.456 e. The van der Waals surface area contributed by atoms with Crippen LogP contribution in [0.25, 0.3) is 75.8 Å². The number of hydrogen-bond donors (Lipinski definition) is 0. The zero-order valence-corrected chi connectivity index (χ0v) is 36.8. The summed E-state index contributed by atoms with van der Waals surface area (Å²) in [4.78, 5) is 2.42. The maximum Gasteiger partial charge on any atom is 0.135 e. The quantitative estimate of drug-likeness (QED) is 0.151. The molecule has 3 heteroatoms. The second kappa shape index (κ2) is 15.4. The molecular formula is C62H45NOS. The maximum absolute atomic E-state index is 6.27. The summed E-state index contributed by atoms with van der Waals surface area (Å²) in [6.07, 6.45) is 5.06. The second-order valence-corrected chi connectivity index (χ2v) is 18.9. The van der Waals surface area contributed by atoms with E-state index in [1.807, 2.05) is 17.4 Å². The van der Waals surface area contributed by atoms with Gasteiger partial charge in [-0.2, -0.15) is 0 Å². The summed E-state index contributed by atoms with van der Waals surface area (Å²) in [6.45, 7) is 0. The van der Waals surface area contributed by atoms with Gasteiger partial charge in [-0.05, 0) is 129 Å². The molecule has 0 unspecified atom stereocenters. The zero-order chi connectivity index (χ0) is 42.9. The second-order valence-electron chi connectivity index (χ2n) is 17.9.